The van der Waals surface area contributed by atoms with Crippen molar-refractivity contribution in [1.82, 2.24) is 25.1 Å². The molecule has 0 amide bonds. The number of hydrogen-bond acceptors (Lipinski definition) is 6. The van der Waals surface area contributed by atoms with Gasteiger partial charge in [-0.05, 0) is 48.5 Å². The van der Waals surface area contributed by atoms with Crippen LogP contribution < -0.4 is 5.73 Å². The molecule has 4 aromatic rings. The molecule has 30 heavy (non-hydrogen) atoms. The lowest BCUT2D eigenvalue weighted by atomic mass is 10.0. The van der Waals surface area contributed by atoms with E-state index in [1.165, 1.54) is 0 Å². The van der Waals surface area contributed by atoms with Crippen LogP contribution in [0.5, 0.6) is 5.75 Å². The Morgan fingerprint density at radius 2 is 1.77 bits per heavy atom. The summed E-state index contributed by atoms with van der Waals surface area (Å²) < 4.78 is 0. The molecular weight excluding hydrogens is 376 g/mol. The quantitative estimate of drug-likeness (QED) is 0.455. The number of phenols is 1. The van der Waals surface area contributed by atoms with Crippen molar-refractivity contribution >= 4 is 5.69 Å². The Morgan fingerprint density at radius 3 is 2.57 bits per heavy atom. The molecule has 7 nitrogen and oxygen atoms in total. The summed E-state index contributed by atoms with van der Waals surface area (Å²) in [5.41, 5.74) is 12.9. The fraction of sp³-hybridized carbons (Fsp3) is 0.174. The van der Waals surface area contributed by atoms with Gasteiger partial charge in [0, 0.05) is 60.2 Å². The van der Waals surface area contributed by atoms with Crippen molar-refractivity contribution in [2.24, 2.45) is 0 Å². The maximum atomic E-state index is 9.53. The highest BCUT2D eigenvalue weighted by molar-refractivity contribution is 5.63. The summed E-state index contributed by atoms with van der Waals surface area (Å²) in [5.74, 6) is 0.998. The molecule has 0 saturated heterocycles. The van der Waals surface area contributed by atoms with E-state index in [4.69, 9.17) is 10.7 Å². The van der Waals surface area contributed by atoms with Crippen molar-refractivity contribution < 1.29 is 5.11 Å². The Hall–Kier alpha value is -3.71. The van der Waals surface area contributed by atoms with Gasteiger partial charge in [-0.15, -0.1) is 0 Å². The summed E-state index contributed by atoms with van der Waals surface area (Å²) in [6.07, 6.45) is 4.70. The van der Waals surface area contributed by atoms with E-state index in [1.807, 2.05) is 48.8 Å². The summed E-state index contributed by atoms with van der Waals surface area (Å²) in [7, 11) is 0. The number of anilines is 1. The predicted molar refractivity (Wildman–Crippen MR) is 115 cm³/mol. The molecule has 3 heterocycles. The van der Waals surface area contributed by atoms with Crippen molar-refractivity contribution in [3.63, 3.8) is 0 Å². The number of nitrogens with two attached hydrogens (primary N) is 1. The molecule has 5 rings (SSSR count). The monoisotopic (exact) mass is 398 g/mol. The number of hydrogen-bond donors (Lipinski definition) is 3. The summed E-state index contributed by atoms with van der Waals surface area (Å²) in [5, 5.41) is 16.9. The van der Waals surface area contributed by atoms with Crippen LogP contribution in [-0.4, -0.2) is 36.7 Å². The number of aromatic nitrogens is 4. The fourth-order valence-corrected chi connectivity index (χ4v) is 3.83. The Labute approximate surface area is 174 Å². The molecule has 1 aliphatic rings. The molecular formula is C23H22N6O. The van der Waals surface area contributed by atoms with Crippen molar-refractivity contribution in [2.45, 2.75) is 19.5 Å². The predicted octanol–water partition coefficient (Wildman–Crippen LogP) is 3.38. The van der Waals surface area contributed by atoms with Gasteiger partial charge in [-0.2, -0.15) is 5.10 Å². The Morgan fingerprint density at radius 1 is 1.00 bits per heavy atom. The molecule has 2 aromatic heterocycles. The van der Waals surface area contributed by atoms with E-state index < -0.39 is 0 Å². The number of benzene rings is 2. The van der Waals surface area contributed by atoms with E-state index in [2.05, 4.69) is 20.1 Å². The summed E-state index contributed by atoms with van der Waals surface area (Å²) in [6.45, 7) is 2.51. The second-order valence-electron chi connectivity index (χ2n) is 7.57. The minimum Gasteiger partial charge on any atom is -0.508 e. The van der Waals surface area contributed by atoms with Gasteiger partial charge in [-0.3, -0.25) is 10.00 Å². The molecule has 0 aliphatic carbocycles. The van der Waals surface area contributed by atoms with Gasteiger partial charge in [-0.1, -0.05) is 0 Å². The van der Waals surface area contributed by atoms with Crippen LogP contribution in [0.3, 0.4) is 0 Å². The molecule has 0 atom stereocenters. The van der Waals surface area contributed by atoms with E-state index in [0.29, 0.717) is 0 Å². The van der Waals surface area contributed by atoms with Crippen LogP contribution in [0.2, 0.25) is 0 Å². The van der Waals surface area contributed by atoms with Gasteiger partial charge in [0.25, 0.3) is 0 Å². The number of H-pyrrole nitrogens is 1. The molecule has 150 valence electrons. The van der Waals surface area contributed by atoms with Crippen molar-refractivity contribution in [1.29, 1.82) is 0 Å². The van der Waals surface area contributed by atoms with Crippen molar-refractivity contribution in [2.75, 3.05) is 12.3 Å². The summed E-state index contributed by atoms with van der Waals surface area (Å²) in [4.78, 5) is 11.8. The zero-order valence-electron chi connectivity index (χ0n) is 16.4. The Kier molecular flexibility index (Phi) is 4.65. The number of nitrogens with zero attached hydrogens (tertiary/aromatic N) is 4. The van der Waals surface area contributed by atoms with E-state index in [-0.39, 0.29) is 5.75 Å². The smallest absolute Gasteiger partial charge is 0.159 e. The SMILES string of the molecule is Nc1ccc(-c2ncc3c(n2)CCN(Cc2cn[nH]c2-c2ccc(O)cc2)C3)cc1. The molecule has 7 heteroatoms. The minimum atomic E-state index is 0.255. The largest absolute Gasteiger partial charge is 0.508 e. The first-order valence-electron chi connectivity index (χ1n) is 9.90. The van der Waals surface area contributed by atoms with Crippen LogP contribution in [0.4, 0.5) is 5.69 Å². The highest BCUT2D eigenvalue weighted by atomic mass is 16.3. The molecule has 4 N–H and O–H groups in total. The van der Waals surface area contributed by atoms with Gasteiger partial charge in [0.15, 0.2) is 5.82 Å². The van der Waals surface area contributed by atoms with Gasteiger partial charge in [-0.25, -0.2) is 9.97 Å². The number of phenolic OH excluding ortho intramolecular Hbond substituents is 1. The number of nitrogens with one attached hydrogen (secondary N) is 1. The molecule has 2 aromatic carbocycles. The topological polar surface area (TPSA) is 104 Å². The second kappa shape index (κ2) is 7.61. The van der Waals surface area contributed by atoms with Gasteiger partial charge in [0.2, 0.25) is 0 Å². The van der Waals surface area contributed by atoms with Crippen LogP contribution in [0.15, 0.2) is 60.9 Å². The van der Waals surface area contributed by atoms with Gasteiger partial charge >= 0.3 is 0 Å². The first kappa shape index (κ1) is 18.3. The van der Waals surface area contributed by atoms with E-state index >= 15 is 0 Å². The molecule has 0 unspecified atom stereocenters. The summed E-state index contributed by atoms with van der Waals surface area (Å²) in [6, 6.07) is 14.8. The average molecular weight is 398 g/mol. The minimum absolute atomic E-state index is 0.255. The maximum Gasteiger partial charge on any atom is 0.159 e. The van der Waals surface area contributed by atoms with Gasteiger partial charge in [0.05, 0.1) is 17.6 Å². The van der Waals surface area contributed by atoms with Crippen LogP contribution >= 0.6 is 0 Å². The lowest BCUT2D eigenvalue weighted by Gasteiger charge is -2.28. The number of aromatic hydroxyl groups is 1. The molecule has 0 bridgehead atoms. The maximum absolute atomic E-state index is 9.53. The van der Waals surface area contributed by atoms with E-state index in [9.17, 15) is 5.11 Å². The first-order valence-corrected chi connectivity index (χ1v) is 9.90. The zero-order valence-corrected chi connectivity index (χ0v) is 16.4. The third kappa shape index (κ3) is 3.62. The van der Waals surface area contributed by atoms with E-state index in [0.717, 1.165) is 71.2 Å². The molecule has 0 radical (unpaired) electrons. The average Bonchev–Trinajstić information content (AvgIpc) is 3.22. The number of fused-ring (bicyclic) bond motifs is 1. The third-order valence-corrected chi connectivity index (χ3v) is 5.45. The standard InChI is InChI=1S/C23H22N6O/c24-19-5-1-16(2-6-19)23-25-11-17-13-29(10-9-21(17)27-23)14-18-12-26-28-22(18)15-3-7-20(30)8-4-15/h1-8,11-12,30H,9-10,13-14,24H2,(H,26,28). The van der Waals surface area contributed by atoms with Crippen LogP contribution in [0.1, 0.15) is 16.8 Å². The molecule has 1 aliphatic heterocycles. The fourth-order valence-electron chi connectivity index (χ4n) is 3.83. The molecule has 0 fully saturated rings. The lowest BCUT2D eigenvalue weighted by molar-refractivity contribution is 0.243. The second-order valence-corrected chi connectivity index (χ2v) is 7.57. The van der Waals surface area contributed by atoms with Crippen LogP contribution in [-0.2, 0) is 19.5 Å². The normalized spacial score (nSPS) is 13.9. The van der Waals surface area contributed by atoms with E-state index in [1.54, 1.807) is 12.1 Å². The van der Waals surface area contributed by atoms with Crippen molar-refractivity contribution in [3.8, 4) is 28.4 Å². The van der Waals surface area contributed by atoms with Crippen molar-refractivity contribution in [3.05, 3.63) is 77.7 Å². The van der Waals surface area contributed by atoms with Gasteiger partial charge in [0.1, 0.15) is 5.75 Å². The number of aromatic amines is 1. The highest BCUT2D eigenvalue weighted by Crippen LogP contribution is 2.27. The van der Waals surface area contributed by atoms with Crippen LogP contribution in [0, 0.1) is 0 Å². The Bertz CT molecular complexity index is 1170. The number of nitrogen functional groups attached to an aromatic ring is 1. The summed E-state index contributed by atoms with van der Waals surface area (Å²) >= 11 is 0. The van der Waals surface area contributed by atoms with Crippen LogP contribution in [0.25, 0.3) is 22.6 Å². The lowest BCUT2D eigenvalue weighted by Crippen LogP contribution is -2.31. The third-order valence-electron chi connectivity index (χ3n) is 5.45. The first-order chi connectivity index (χ1) is 14.7. The zero-order chi connectivity index (χ0) is 20.5. The molecule has 0 spiro atoms. The number of rotatable bonds is 4. The highest BCUT2D eigenvalue weighted by Gasteiger charge is 2.20. The van der Waals surface area contributed by atoms with Gasteiger partial charge < -0.3 is 10.8 Å². The molecule has 0 saturated carbocycles. The Balaban J connectivity index is 1.33.